The highest BCUT2D eigenvalue weighted by molar-refractivity contribution is 6.13. The Hall–Kier alpha value is -0.0731. The molecule has 0 spiro atoms. The molecule has 0 bridgehead atoms. The molecule has 0 aliphatic rings. The summed E-state index contributed by atoms with van der Waals surface area (Å²) in [6, 6.07) is 0. The molecule has 0 aromatic rings. The minimum absolute atomic E-state index is 0.129. The van der Waals surface area contributed by atoms with Crippen molar-refractivity contribution in [1.29, 1.82) is 0 Å². The van der Waals surface area contributed by atoms with Gasteiger partial charge in [-0.1, -0.05) is 0 Å². The average molecular weight is 202 g/mol. The summed E-state index contributed by atoms with van der Waals surface area (Å²) < 4.78 is 44.9. The standard InChI is InChI=1S/C6H13F3O2Si/c1-10-6(12,11-2)4-3-5(7,8)9/h3-4H2,1-2,12H3. The van der Waals surface area contributed by atoms with Crippen molar-refractivity contribution in [2.45, 2.75) is 24.4 Å². The van der Waals surface area contributed by atoms with Crippen LogP contribution < -0.4 is 0 Å². The third-order valence-corrected chi connectivity index (χ3v) is 3.04. The lowest BCUT2D eigenvalue weighted by Gasteiger charge is -2.27. The van der Waals surface area contributed by atoms with Gasteiger partial charge in [-0.3, -0.25) is 0 Å². The van der Waals surface area contributed by atoms with E-state index in [4.69, 9.17) is 9.47 Å². The largest absolute Gasteiger partial charge is 0.389 e. The minimum atomic E-state index is -4.13. The molecule has 0 rings (SSSR count). The highest BCUT2D eigenvalue weighted by atomic mass is 28.1. The number of ether oxygens (including phenoxy) is 2. The van der Waals surface area contributed by atoms with Crippen LogP contribution >= 0.6 is 0 Å². The maximum Gasteiger partial charge on any atom is 0.389 e. The fourth-order valence-corrected chi connectivity index (χ4v) is 0.906. The maximum absolute atomic E-state index is 11.8. The monoisotopic (exact) mass is 202 g/mol. The molecular formula is C6H13F3O2Si. The van der Waals surface area contributed by atoms with Crippen molar-refractivity contribution in [2.24, 2.45) is 0 Å². The van der Waals surface area contributed by atoms with E-state index in [-0.39, 0.29) is 6.42 Å². The first-order valence-electron chi connectivity index (χ1n) is 3.50. The van der Waals surface area contributed by atoms with E-state index in [9.17, 15) is 13.2 Å². The molecular weight excluding hydrogens is 189 g/mol. The Labute approximate surface area is 72.5 Å². The molecule has 0 aromatic carbocycles. The molecule has 6 heteroatoms. The van der Waals surface area contributed by atoms with Crippen LogP contribution in [0.1, 0.15) is 12.8 Å². The summed E-state index contributed by atoms with van der Waals surface area (Å²) in [6.45, 7) is 0. The fourth-order valence-electron chi connectivity index (χ4n) is 0.656. The molecule has 0 saturated carbocycles. The Morgan fingerprint density at radius 2 is 1.50 bits per heavy atom. The molecule has 74 valence electrons. The topological polar surface area (TPSA) is 18.5 Å². The van der Waals surface area contributed by atoms with Crippen LogP contribution in [-0.2, 0) is 9.47 Å². The summed E-state index contributed by atoms with van der Waals surface area (Å²) in [4.78, 5) is 0. The number of hydrogen-bond donors (Lipinski definition) is 0. The van der Waals surface area contributed by atoms with E-state index in [0.29, 0.717) is 10.2 Å². The van der Waals surface area contributed by atoms with Crippen molar-refractivity contribution in [3.05, 3.63) is 0 Å². The van der Waals surface area contributed by atoms with Crippen LogP contribution in [0.2, 0.25) is 0 Å². The second-order valence-electron chi connectivity index (χ2n) is 2.66. The Balaban J connectivity index is 3.89. The van der Waals surface area contributed by atoms with Gasteiger partial charge in [0.1, 0.15) is 5.41 Å². The summed E-state index contributed by atoms with van der Waals surface area (Å²) in [5.74, 6) is 0. The van der Waals surface area contributed by atoms with E-state index >= 15 is 0 Å². The zero-order valence-corrected chi connectivity index (χ0v) is 9.36. The summed E-state index contributed by atoms with van der Waals surface area (Å²) in [6.07, 6.45) is -5.12. The molecule has 12 heavy (non-hydrogen) atoms. The van der Waals surface area contributed by atoms with Gasteiger partial charge in [-0.05, 0) is 0 Å². The molecule has 0 unspecified atom stereocenters. The molecule has 0 N–H and O–H groups in total. The van der Waals surface area contributed by atoms with Gasteiger partial charge < -0.3 is 9.47 Å². The summed E-state index contributed by atoms with van der Waals surface area (Å²) in [5, 5.41) is 0. The highest BCUT2D eigenvalue weighted by Gasteiger charge is 2.33. The first-order chi connectivity index (χ1) is 5.33. The zero-order chi connectivity index (χ0) is 9.83. The van der Waals surface area contributed by atoms with Crippen LogP contribution in [0.25, 0.3) is 0 Å². The smallest absolute Gasteiger partial charge is 0.358 e. The Morgan fingerprint density at radius 1 is 1.08 bits per heavy atom. The van der Waals surface area contributed by atoms with Crippen LogP contribution in [-0.4, -0.2) is 36.0 Å². The van der Waals surface area contributed by atoms with Crippen LogP contribution in [0.4, 0.5) is 13.2 Å². The first-order valence-corrected chi connectivity index (χ1v) is 4.50. The Morgan fingerprint density at radius 3 is 1.75 bits per heavy atom. The van der Waals surface area contributed by atoms with Gasteiger partial charge in [0, 0.05) is 27.1 Å². The lowest BCUT2D eigenvalue weighted by molar-refractivity contribution is -0.183. The quantitative estimate of drug-likeness (QED) is 0.492. The Bertz CT molecular complexity index is 133. The normalized spacial score (nSPS) is 13.8. The van der Waals surface area contributed by atoms with Crippen LogP contribution in [0.15, 0.2) is 0 Å². The van der Waals surface area contributed by atoms with Crippen molar-refractivity contribution < 1.29 is 22.6 Å². The van der Waals surface area contributed by atoms with Gasteiger partial charge in [0.05, 0.1) is 10.2 Å². The van der Waals surface area contributed by atoms with E-state index in [0.717, 1.165) is 0 Å². The van der Waals surface area contributed by atoms with Gasteiger partial charge in [-0.25, -0.2) is 0 Å². The van der Waals surface area contributed by atoms with Crippen molar-refractivity contribution in [3.8, 4) is 0 Å². The van der Waals surface area contributed by atoms with Gasteiger partial charge >= 0.3 is 6.18 Å². The third-order valence-electron chi connectivity index (χ3n) is 1.73. The van der Waals surface area contributed by atoms with Crippen molar-refractivity contribution in [1.82, 2.24) is 0 Å². The number of hydrogen-bond acceptors (Lipinski definition) is 2. The third kappa shape index (κ3) is 4.73. The zero-order valence-electron chi connectivity index (χ0n) is 7.36. The van der Waals surface area contributed by atoms with E-state index in [2.05, 4.69) is 0 Å². The maximum atomic E-state index is 11.8. The first kappa shape index (κ1) is 11.9. The van der Waals surface area contributed by atoms with Crippen molar-refractivity contribution >= 4 is 10.2 Å². The summed E-state index contributed by atoms with van der Waals surface area (Å²) >= 11 is 0. The van der Waals surface area contributed by atoms with E-state index in [1.807, 2.05) is 0 Å². The molecule has 0 aliphatic carbocycles. The number of halogens is 3. The molecule has 0 fully saturated rings. The summed E-state index contributed by atoms with van der Waals surface area (Å²) in [5.41, 5.74) is -0.991. The van der Waals surface area contributed by atoms with Gasteiger partial charge in [0.25, 0.3) is 0 Å². The molecule has 0 heterocycles. The van der Waals surface area contributed by atoms with Crippen molar-refractivity contribution in [2.75, 3.05) is 14.2 Å². The predicted octanol–water partition coefficient (Wildman–Crippen LogP) is 0.641. The molecule has 0 atom stereocenters. The van der Waals surface area contributed by atoms with Crippen LogP contribution in [0.3, 0.4) is 0 Å². The molecule has 2 nitrogen and oxygen atoms in total. The number of methoxy groups -OCH3 is 2. The number of alkyl halides is 3. The Kier molecular flexibility index (Phi) is 4.22. The second-order valence-corrected chi connectivity index (χ2v) is 4.18. The number of rotatable bonds is 4. The molecule has 0 aromatic heterocycles. The van der Waals surface area contributed by atoms with Crippen LogP contribution in [0, 0.1) is 0 Å². The van der Waals surface area contributed by atoms with E-state index in [1.165, 1.54) is 14.2 Å². The van der Waals surface area contributed by atoms with Gasteiger partial charge in [0.2, 0.25) is 0 Å². The van der Waals surface area contributed by atoms with Gasteiger partial charge in [-0.15, -0.1) is 0 Å². The van der Waals surface area contributed by atoms with E-state index in [1.54, 1.807) is 0 Å². The molecule has 0 saturated heterocycles. The SMILES string of the molecule is COC([SiH3])(CCC(F)(F)F)OC. The lowest BCUT2D eigenvalue weighted by atomic mass is 10.3. The minimum Gasteiger partial charge on any atom is -0.358 e. The predicted molar refractivity (Wildman–Crippen MR) is 42.0 cm³/mol. The highest BCUT2D eigenvalue weighted by Crippen LogP contribution is 2.26. The molecule has 0 amide bonds. The summed E-state index contributed by atoms with van der Waals surface area (Å²) in [7, 11) is 3.13. The van der Waals surface area contributed by atoms with Gasteiger partial charge in [0.15, 0.2) is 0 Å². The lowest BCUT2D eigenvalue weighted by Crippen LogP contribution is -2.35. The van der Waals surface area contributed by atoms with Crippen LogP contribution in [0.5, 0.6) is 0 Å². The average Bonchev–Trinajstić information content (AvgIpc) is 1.99. The second kappa shape index (κ2) is 4.24. The van der Waals surface area contributed by atoms with Crippen molar-refractivity contribution in [3.63, 3.8) is 0 Å². The van der Waals surface area contributed by atoms with E-state index < -0.39 is 18.0 Å². The molecule has 0 radical (unpaired) electrons. The van der Waals surface area contributed by atoms with Gasteiger partial charge in [-0.2, -0.15) is 13.2 Å². The molecule has 0 aliphatic heterocycles. The fraction of sp³-hybridized carbons (Fsp3) is 1.00.